The molecule has 0 saturated heterocycles. The molecule has 0 heterocycles. The van der Waals surface area contributed by atoms with Gasteiger partial charge in [-0.15, -0.1) is 12.4 Å². The molecule has 96 valence electrons. The number of benzene rings is 1. The van der Waals surface area contributed by atoms with Gasteiger partial charge in [-0.1, -0.05) is 19.4 Å². The van der Waals surface area contributed by atoms with Crippen LogP contribution in [-0.2, 0) is 0 Å². The number of nitrogens with two attached hydrogens (primary N) is 1. The van der Waals surface area contributed by atoms with Crippen LogP contribution < -0.4 is 11.1 Å². The highest BCUT2D eigenvalue weighted by molar-refractivity contribution is 5.94. The Morgan fingerprint density at radius 3 is 2.82 bits per heavy atom. The van der Waals surface area contributed by atoms with Gasteiger partial charge in [-0.3, -0.25) is 4.79 Å². The molecule has 1 aromatic rings. The van der Waals surface area contributed by atoms with E-state index in [2.05, 4.69) is 5.32 Å². The summed E-state index contributed by atoms with van der Waals surface area (Å²) in [7, 11) is 0. The number of anilines is 1. The lowest BCUT2D eigenvalue weighted by molar-refractivity contribution is 0.0910. The lowest BCUT2D eigenvalue weighted by atomic mass is 10.1. The van der Waals surface area contributed by atoms with Crippen molar-refractivity contribution in [3.05, 3.63) is 29.8 Å². The minimum Gasteiger partial charge on any atom is -0.399 e. The molecule has 1 amide bonds. The molecule has 4 N–H and O–H groups in total. The summed E-state index contributed by atoms with van der Waals surface area (Å²) < 4.78 is 0. The molecule has 1 unspecified atom stereocenters. The standard InChI is InChI=1S/C12H18N2O2.ClH/c1-2-4-11(15)8-14-12(16)9-5-3-6-10(13)7-9;/h3,5-7,11,15H,2,4,8,13H2,1H3,(H,14,16);1H. The molecule has 0 radical (unpaired) electrons. The van der Waals surface area contributed by atoms with E-state index >= 15 is 0 Å². The molecule has 5 heteroatoms. The molecule has 1 rings (SSSR count). The van der Waals surface area contributed by atoms with Crippen molar-refractivity contribution in [3.8, 4) is 0 Å². The molecule has 0 aromatic heterocycles. The van der Waals surface area contributed by atoms with Gasteiger partial charge >= 0.3 is 0 Å². The van der Waals surface area contributed by atoms with E-state index in [4.69, 9.17) is 5.73 Å². The molecule has 0 aliphatic carbocycles. The zero-order chi connectivity index (χ0) is 12.0. The molecule has 4 nitrogen and oxygen atoms in total. The lowest BCUT2D eigenvalue weighted by Crippen LogP contribution is -2.32. The number of carbonyl (C=O) groups excluding carboxylic acids is 1. The first-order valence-corrected chi connectivity index (χ1v) is 5.45. The van der Waals surface area contributed by atoms with Crippen molar-refractivity contribution in [2.75, 3.05) is 12.3 Å². The Morgan fingerprint density at radius 1 is 1.53 bits per heavy atom. The third-order valence-electron chi connectivity index (χ3n) is 2.27. The Hall–Kier alpha value is -1.26. The number of amides is 1. The quantitative estimate of drug-likeness (QED) is 0.702. The van der Waals surface area contributed by atoms with Crippen LogP contribution in [0.5, 0.6) is 0 Å². The van der Waals surface area contributed by atoms with E-state index in [1.165, 1.54) is 0 Å². The third-order valence-corrected chi connectivity index (χ3v) is 2.27. The monoisotopic (exact) mass is 258 g/mol. The Kier molecular flexibility index (Phi) is 7.34. The lowest BCUT2D eigenvalue weighted by Gasteiger charge is -2.10. The maximum atomic E-state index is 11.6. The number of aliphatic hydroxyl groups excluding tert-OH is 1. The number of hydrogen-bond acceptors (Lipinski definition) is 3. The SMILES string of the molecule is CCCC(O)CNC(=O)c1cccc(N)c1.Cl. The molecular formula is C12H19ClN2O2. The second kappa shape index (κ2) is 7.92. The summed E-state index contributed by atoms with van der Waals surface area (Å²) in [5.41, 5.74) is 6.65. The fourth-order valence-electron chi connectivity index (χ4n) is 1.43. The van der Waals surface area contributed by atoms with Crippen LogP contribution in [0, 0.1) is 0 Å². The fraction of sp³-hybridized carbons (Fsp3) is 0.417. The first-order valence-electron chi connectivity index (χ1n) is 5.45. The minimum atomic E-state index is -0.477. The summed E-state index contributed by atoms with van der Waals surface area (Å²) in [6, 6.07) is 6.76. The molecular weight excluding hydrogens is 240 g/mol. The number of hydrogen-bond donors (Lipinski definition) is 3. The predicted octanol–water partition coefficient (Wildman–Crippen LogP) is 1.58. The van der Waals surface area contributed by atoms with Crippen molar-refractivity contribution in [2.24, 2.45) is 0 Å². The van der Waals surface area contributed by atoms with E-state index in [1.807, 2.05) is 6.92 Å². The smallest absolute Gasteiger partial charge is 0.251 e. The second-order valence-electron chi connectivity index (χ2n) is 3.78. The average molecular weight is 259 g/mol. The summed E-state index contributed by atoms with van der Waals surface area (Å²) in [4.78, 5) is 11.6. The van der Waals surface area contributed by atoms with Gasteiger partial charge in [-0.2, -0.15) is 0 Å². The molecule has 1 aromatic carbocycles. The number of rotatable bonds is 5. The van der Waals surface area contributed by atoms with E-state index < -0.39 is 6.10 Å². The van der Waals surface area contributed by atoms with Gasteiger partial charge in [0.2, 0.25) is 0 Å². The summed E-state index contributed by atoms with van der Waals surface area (Å²) >= 11 is 0. The topological polar surface area (TPSA) is 75.3 Å². The summed E-state index contributed by atoms with van der Waals surface area (Å²) in [5.74, 6) is -0.206. The van der Waals surface area contributed by atoms with E-state index in [1.54, 1.807) is 24.3 Å². The van der Waals surface area contributed by atoms with Crippen LogP contribution in [0.3, 0.4) is 0 Å². The van der Waals surface area contributed by atoms with E-state index in [0.717, 1.165) is 6.42 Å². The first-order chi connectivity index (χ1) is 7.63. The van der Waals surface area contributed by atoms with Gasteiger partial charge in [-0.25, -0.2) is 0 Å². The molecule has 0 aliphatic heterocycles. The normalized spacial score (nSPS) is 11.4. The molecule has 17 heavy (non-hydrogen) atoms. The third kappa shape index (κ3) is 5.56. The van der Waals surface area contributed by atoms with Gasteiger partial charge in [0.25, 0.3) is 5.91 Å². The van der Waals surface area contributed by atoms with Crippen molar-refractivity contribution in [1.29, 1.82) is 0 Å². The van der Waals surface area contributed by atoms with Crippen LogP contribution in [0.2, 0.25) is 0 Å². The summed E-state index contributed by atoms with van der Waals surface area (Å²) in [5, 5.41) is 12.1. The van der Waals surface area contributed by atoms with Crippen molar-refractivity contribution in [1.82, 2.24) is 5.32 Å². The molecule has 0 fully saturated rings. The van der Waals surface area contributed by atoms with E-state index in [-0.39, 0.29) is 24.9 Å². The maximum Gasteiger partial charge on any atom is 0.251 e. The number of halogens is 1. The second-order valence-corrected chi connectivity index (χ2v) is 3.78. The zero-order valence-electron chi connectivity index (χ0n) is 9.85. The van der Waals surface area contributed by atoms with Gasteiger partial charge in [0, 0.05) is 17.8 Å². The van der Waals surface area contributed by atoms with Gasteiger partial charge in [0.05, 0.1) is 6.10 Å². The van der Waals surface area contributed by atoms with E-state index in [9.17, 15) is 9.90 Å². The van der Waals surface area contributed by atoms with Gasteiger partial charge in [0.15, 0.2) is 0 Å². The van der Waals surface area contributed by atoms with E-state index in [0.29, 0.717) is 17.7 Å². The summed E-state index contributed by atoms with van der Waals surface area (Å²) in [6.07, 6.45) is 1.11. The van der Waals surface area contributed by atoms with Crippen molar-refractivity contribution in [2.45, 2.75) is 25.9 Å². The Labute approximate surface area is 108 Å². The van der Waals surface area contributed by atoms with Crippen LogP contribution in [0.4, 0.5) is 5.69 Å². The number of nitrogens with one attached hydrogen (secondary N) is 1. The van der Waals surface area contributed by atoms with Crippen molar-refractivity contribution in [3.63, 3.8) is 0 Å². The van der Waals surface area contributed by atoms with Gasteiger partial charge in [0.1, 0.15) is 0 Å². The molecule has 0 saturated carbocycles. The number of nitrogen functional groups attached to an aromatic ring is 1. The van der Waals surface area contributed by atoms with Crippen LogP contribution in [0.25, 0.3) is 0 Å². The molecule has 0 aliphatic rings. The van der Waals surface area contributed by atoms with Gasteiger partial charge in [-0.05, 0) is 24.6 Å². The highest BCUT2D eigenvalue weighted by Crippen LogP contribution is 2.06. The van der Waals surface area contributed by atoms with Gasteiger partial charge < -0.3 is 16.2 Å². The minimum absolute atomic E-state index is 0. The summed E-state index contributed by atoms with van der Waals surface area (Å²) in [6.45, 7) is 2.27. The highest BCUT2D eigenvalue weighted by Gasteiger charge is 2.08. The highest BCUT2D eigenvalue weighted by atomic mass is 35.5. The number of carbonyl (C=O) groups is 1. The first kappa shape index (κ1) is 15.7. The van der Waals surface area contributed by atoms with Crippen LogP contribution >= 0.6 is 12.4 Å². The molecule has 1 atom stereocenters. The largest absolute Gasteiger partial charge is 0.399 e. The molecule has 0 bridgehead atoms. The average Bonchev–Trinajstić information content (AvgIpc) is 2.26. The van der Waals surface area contributed by atoms with Crippen LogP contribution in [0.15, 0.2) is 24.3 Å². The molecule has 0 spiro atoms. The van der Waals surface area contributed by atoms with Crippen LogP contribution in [0.1, 0.15) is 30.1 Å². The fourth-order valence-corrected chi connectivity index (χ4v) is 1.43. The van der Waals surface area contributed by atoms with Crippen molar-refractivity contribution >= 4 is 24.0 Å². The number of aliphatic hydroxyl groups is 1. The zero-order valence-corrected chi connectivity index (χ0v) is 10.7. The Balaban J connectivity index is 0.00000256. The Bertz CT molecular complexity index is 358. The predicted molar refractivity (Wildman–Crippen MR) is 71.4 cm³/mol. The van der Waals surface area contributed by atoms with Crippen LogP contribution in [-0.4, -0.2) is 23.7 Å². The van der Waals surface area contributed by atoms with Crippen molar-refractivity contribution < 1.29 is 9.90 Å². The maximum absolute atomic E-state index is 11.6. The Morgan fingerprint density at radius 2 is 2.24 bits per heavy atom.